The summed E-state index contributed by atoms with van der Waals surface area (Å²) in [5.74, 6) is -2.39. The minimum absolute atomic E-state index is 0.0164. The highest BCUT2D eigenvalue weighted by atomic mass is 79.9. The molecule has 1 unspecified atom stereocenters. The molecule has 0 spiro atoms. The van der Waals surface area contributed by atoms with Crippen LogP contribution in [-0.2, 0) is 5.60 Å². The van der Waals surface area contributed by atoms with E-state index in [4.69, 9.17) is 0 Å². The van der Waals surface area contributed by atoms with Crippen molar-refractivity contribution < 1.29 is 18.3 Å². The van der Waals surface area contributed by atoms with Gasteiger partial charge in [0.1, 0.15) is 23.1 Å². The average molecular weight is 346 g/mol. The van der Waals surface area contributed by atoms with Crippen LogP contribution in [0.5, 0.6) is 0 Å². The van der Waals surface area contributed by atoms with Crippen LogP contribution in [0.25, 0.3) is 0 Å². The number of aromatic nitrogens is 1. The molecule has 0 saturated carbocycles. The van der Waals surface area contributed by atoms with E-state index < -0.39 is 28.6 Å². The van der Waals surface area contributed by atoms with E-state index in [0.29, 0.717) is 0 Å². The van der Waals surface area contributed by atoms with Crippen LogP contribution in [0.15, 0.2) is 34.9 Å². The predicted octanol–water partition coefficient (Wildman–Crippen LogP) is 3.91. The zero-order valence-corrected chi connectivity index (χ0v) is 12.1. The van der Waals surface area contributed by atoms with Gasteiger partial charge in [0.05, 0.1) is 21.9 Å². The average Bonchev–Trinajstić information content (AvgIpc) is 2.43. The molecule has 2 nitrogen and oxygen atoms in total. The standard InChI is InChI=1S/C14H11BrF3NO/c1-2-14(20,11-6-3-8(16)7-19-11)12-10(17)5-4-9(15)13(12)18/h3-7,20H,2H2,1H3. The van der Waals surface area contributed by atoms with Crippen molar-refractivity contribution >= 4 is 15.9 Å². The number of hydrogen-bond donors (Lipinski definition) is 1. The number of rotatable bonds is 3. The quantitative estimate of drug-likeness (QED) is 0.855. The van der Waals surface area contributed by atoms with E-state index in [2.05, 4.69) is 20.9 Å². The Morgan fingerprint density at radius 2 is 1.90 bits per heavy atom. The van der Waals surface area contributed by atoms with Gasteiger partial charge < -0.3 is 5.11 Å². The van der Waals surface area contributed by atoms with Crippen LogP contribution in [0.4, 0.5) is 13.2 Å². The molecule has 20 heavy (non-hydrogen) atoms. The van der Waals surface area contributed by atoms with Gasteiger partial charge >= 0.3 is 0 Å². The van der Waals surface area contributed by atoms with Crippen LogP contribution in [0, 0.1) is 17.5 Å². The molecule has 1 heterocycles. The molecule has 0 aliphatic rings. The van der Waals surface area contributed by atoms with E-state index in [-0.39, 0.29) is 16.6 Å². The predicted molar refractivity (Wildman–Crippen MR) is 71.5 cm³/mol. The highest BCUT2D eigenvalue weighted by Gasteiger charge is 2.37. The molecular weight excluding hydrogens is 335 g/mol. The normalized spacial score (nSPS) is 14.1. The molecule has 0 fully saturated rings. The summed E-state index contributed by atoms with van der Waals surface area (Å²) in [6.45, 7) is 1.56. The molecule has 1 aromatic carbocycles. The van der Waals surface area contributed by atoms with Crippen molar-refractivity contribution in [3.8, 4) is 0 Å². The van der Waals surface area contributed by atoms with E-state index in [0.717, 1.165) is 18.3 Å². The molecule has 106 valence electrons. The summed E-state index contributed by atoms with van der Waals surface area (Å²) in [4.78, 5) is 3.74. The lowest BCUT2D eigenvalue weighted by Crippen LogP contribution is -2.30. The highest BCUT2D eigenvalue weighted by Crippen LogP contribution is 2.37. The Bertz CT molecular complexity index is 633. The van der Waals surface area contributed by atoms with Gasteiger partial charge in [-0.1, -0.05) is 6.92 Å². The van der Waals surface area contributed by atoms with E-state index in [1.807, 2.05) is 0 Å². The maximum absolute atomic E-state index is 14.2. The molecule has 0 radical (unpaired) electrons. The molecule has 0 amide bonds. The van der Waals surface area contributed by atoms with Crippen molar-refractivity contribution in [2.75, 3.05) is 0 Å². The summed E-state index contributed by atoms with van der Waals surface area (Å²) < 4.78 is 41.1. The van der Waals surface area contributed by atoms with Gasteiger partial charge in [-0.3, -0.25) is 4.98 Å². The van der Waals surface area contributed by atoms with Gasteiger partial charge in [0.25, 0.3) is 0 Å². The summed E-state index contributed by atoms with van der Waals surface area (Å²) in [5, 5.41) is 10.7. The number of aliphatic hydroxyl groups is 1. The lowest BCUT2D eigenvalue weighted by atomic mass is 9.86. The fourth-order valence-electron chi connectivity index (χ4n) is 2.01. The molecule has 0 bridgehead atoms. The van der Waals surface area contributed by atoms with Gasteiger partial charge in [0.2, 0.25) is 0 Å². The van der Waals surface area contributed by atoms with Crippen molar-refractivity contribution in [1.82, 2.24) is 4.98 Å². The Balaban J connectivity index is 2.68. The highest BCUT2D eigenvalue weighted by molar-refractivity contribution is 9.10. The molecule has 6 heteroatoms. The summed E-state index contributed by atoms with van der Waals surface area (Å²) in [6.07, 6.45) is 0.875. The van der Waals surface area contributed by atoms with Crippen LogP contribution in [0.3, 0.4) is 0 Å². The van der Waals surface area contributed by atoms with E-state index in [1.54, 1.807) is 6.92 Å². The first-order chi connectivity index (χ1) is 9.40. The van der Waals surface area contributed by atoms with Crippen LogP contribution in [0.1, 0.15) is 24.6 Å². The number of pyridine rings is 1. The summed E-state index contributed by atoms with van der Waals surface area (Å²) >= 11 is 2.95. The summed E-state index contributed by atoms with van der Waals surface area (Å²) in [6, 6.07) is 4.55. The van der Waals surface area contributed by atoms with Crippen molar-refractivity contribution in [2.24, 2.45) is 0 Å². The number of nitrogens with zero attached hydrogens (tertiary/aromatic N) is 1. The minimum Gasteiger partial charge on any atom is -0.379 e. The first-order valence-corrected chi connectivity index (χ1v) is 6.68. The Morgan fingerprint density at radius 1 is 1.20 bits per heavy atom. The molecule has 2 rings (SSSR count). The van der Waals surface area contributed by atoms with Crippen molar-refractivity contribution in [1.29, 1.82) is 0 Å². The molecule has 2 aromatic rings. The summed E-state index contributed by atoms with van der Waals surface area (Å²) in [7, 11) is 0. The molecule has 0 saturated heterocycles. The lowest BCUT2D eigenvalue weighted by Gasteiger charge is -2.27. The van der Waals surface area contributed by atoms with E-state index in [1.165, 1.54) is 12.1 Å². The first kappa shape index (κ1) is 15.0. The number of halogens is 4. The first-order valence-electron chi connectivity index (χ1n) is 5.88. The largest absolute Gasteiger partial charge is 0.379 e. The Kier molecular flexibility index (Phi) is 4.15. The fraction of sp³-hybridized carbons (Fsp3) is 0.214. The molecule has 1 atom stereocenters. The van der Waals surface area contributed by atoms with Gasteiger partial charge in [-0.2, -0.15) is 0 Å². The molecule has 1 aromatic heterocycles. The molecule has 1 N–H and O–H groups in total. The monoisotopic (exact) mass is 345 g/mol. The maximum Gasteiger partial charge on any atom is 0.146 e. The van der Waals surface area contributed by atoms with Gasteiger partial charge in [-0.05, 0) is 46.6 Å². The maximum atomic E-state index is 14.2. The van der Waals surface area contributed by atoms with Crippen LogP contribution in [0.2, 0.25) is 0 Å². The molecule has 0 aliphatic heterocycles. The zero-order valence-electron chi connectivity index (χ0n) is 10.5. The Hall–Kier alpha value is -1.40. The number of hydrogen-bond acceptors (Lipinski definition) is 2. The Morgan fingerprint density at radius 3 is 2.45 bits per heavy atom. The third-order valence-electron chi connectivity index (χ3n) is 3.12. The van der Waals surface area contributed by atoms with E-state index in [9.17, 15) is 18.3 Å². The second-order valence-corrected chi connectivity index (χ2v) is 5.15. The third kappa shape index (κ3) is 2.45. The SMILES string of the molecule is CCC(O)(c1ccc(F)cn1)c1c(F)ccc(Br)c1F. The van der Waals surface area contributed by atoms with Gasteiger partial charge in [0.15, 0.2) is 0 Å². The van der Waals surface area contributed by atoms with Crippen molar-refractivity contribution in [3.05, 3.63) is 63.6 Å². The second-order valence-electron chi connectivity index (χ2n) is 4.29. The van der Waals surface area contributed by atoms with Crippen LogP contribution >= 0.6 is 15.9 Å². The van der Waals surface area contributed by atoms with E-state index >= 15 is 0 Å². The Labute approximate surface area is 122 Å². The number of benzene rings is 1. The second kappa shape index (κ2) is 5.54. The topological polar surface area (TPSA) is 33.1 Å². The van der Waals surface area contributed by atoms with Crippen LogP contribution in [-0.4, -0.2) is 10.1 Å². The smallest absolute Gasteiger partial charge is 0.146 e. The third-order valence-corrected chi connectivity index (χ3v) is 3.73. The fourth-order valence-corrected chi connectivity index (χ4v) is 2.34. The van der Waals surface area contributed by atoms with Gasteiger partial charge in [-0.25, -0.2) is 13.2 Å². The van der Waals surface area contributed by atoms with Gasteiger partial charge in [-0.15, -0.1) is 0 Å². The van der Waals surface area contributed by atoms with Crippen molar-refractivity contribution in [3.63, 3.8) is 0 Å². The minimum atomic E-state index is -1.97. The van der Waals surface area contributed by atoms with Gasteiger partial charge in [0, 0.05) is 0 Å². The van der Waals surface area contributed by atoms with Crippen LogP contribution < -0.4 is 0 Å². The summed E-state index contributed by atoms with van der Waals surface area (Å²) in [5.41, 5.74) is -2.49. The zero-order chi connectivity index (χ0) is 14.9. The molecular formula is C14H11BrF3NO. The van der Waals surface area contributed by atoms with Crippen molar-refractivity contribution in [2.45, 2.75) is 18.9 Å². The molecule has 0 aliphatic carbocycles. The lowest BCUT2D eigenvalue weighted by molar-refractivity contribution is 0.0635.